The van der Waals surface area contributed by atoms with Gasteiger partial charge < -0.3 is 18.8 Å². The molecule has 0 fully saturated rings. The fourth-order valence-corrected chi connectivity index (χ4v) is 9.60. The van der Waals surface area contributed by atoms with Crippen LogP contribution in [0.25, 0.3) is 55.3 Å². The fraction of sp³-hybridized carbons (Fsp3) is 0.176. The molecule has 4 nitrogen and oxygen atoms in total. The number of para-hydroxylation sites is 1. The van der Waals surface area contributed by atoms with Crippen molar-refractivity contribution in [3.05, 3.63) is 162 Å². The second-order valence-electron chi connectivity index (χ2n) is 16.3. The van der Waals surface area contributed by atoms with Gasteiger partial charge in [0.25, 0.3) is 0 Å². The Labute approximate surface area is 321 Å². The molecule has 0 saturated heterocycles. The van der Waals surface area contributed by atoms with Gasteiger partial charge in [-0.3, -0.25) is 0 Å². The summed E-state index contributed by atoms with van der Waals surface area (Å²) >= 11 is 0. The number of anilines is 3. The Kier molecular flexibility index (Phi) is 6.80. The van der Waals surface area contributed by atoms with Crippen molar-refractivity contribution in [3.63, 3.8) is 0 Å². The van der Waals surface area contributed by atoms with Gasteiger partial charge in [0, 0.05) is 51.0 Å². The van der Waals surface area contributed by atoms with Gasteiger partial charge in [0.1, 0.15) is 11.2 Å². The Bertz CT molecular complexity index is 2880. The van der Waals surface area contributed by atoms with Gasteiger partial charge in [0.05, 0.1) is 18.9 Å². The molecule has 55 heavy (non-hydrogen) atoms. The highest BCUT2D eigenvalue weighted by Crippen LogP contribution is 2.55. The lowest BCUT2D eigenvalue weighted by Crippen LogP contribution is -2.18. The first-order chi connectivity index (χ1) is 26.8. The number of fused-ring (bicyclic) bond motifs is 10. The summed E-state index contributed by atoms with van der Waals surface area (Å²) in [5, 5.41) is 2.23. The fourth-order valence-electron chi connectivity index (χ4n) is 9.60. The van der Waals surface area contributed by atoms with Gasteiger partial charge in [-0.2, -0.15) is 0 Å². The Hall–Kier alpha value is -6.26. The molecule has 11 rings (SSSR count). The van der Waals surface area contributed by atoms with E-state index in [-0.39, 0.29) is 10.8 Å². The molecule has 0 radical (unpaired) electrons. The van der Waals surface area contributed by atoms with Gasteiger partial charge in [0.15, 0.2) is 11.5 Å². The van der Waals surface area contributed by atoms with Crippen molar-refractivity contribution in [1.82, 2.24) is 0 Å². The van der Waals surface area contributed by atoms with Crippen molar-refractivity contribution in [1.29, 1.82) is 0 Å². The van der Waals surface area contributed by atoms with E-state index in [4.69, 9.17) is 13.9 Å². The number of benzene rings is 7. The Balaban J connectivity index is 1.20. The highest BCUT2D eigenvalue weighted by molar-refractivity contribution is 6.06. The summed E-state index contributed by atoms with van der Waals surface area (Å²) < 4.78 is 19.0. The number of hydrogen-bond acceptors (Lipinski definition) is 4. The van der Waals surface area contributed by atoms with Crippen LogP contribution in [0.15, 0.2) is 144 Å². The van der Waals surface area contributed by atoms with Gasteiger partial charge in [-0.15, -0.1) is 0 Å². The van der Waals surface area contributed by atoms with Crippen molar-refractivity contribution in [2.24, 2.45) is 0 Å². The lowest BCUT2D eigenvalue weighted by molar-refractivity contribution is 0.297. The third-order valence-corrected chi connectivity index (χ3v) is 12.4. The van der Waals surface area contributed by atoms with Crippen LogP contribution in [0.5, 0.6) is 11.5 Å². The molecule has 7 aromatic carbocycles. The molecule has 0 N–H and O–H groups in total. The van der Waals surface area contributed by atoms with Crippen LogP contribution in [0, 0.1) is 0 Å². The van der Waals surface area contributed by atoms with Crippen LogP contribution in [0.2, 0.25) is 0 Å². The molecule has 2 aliphatic carbocycles. The first-order valence-corrected chi connectivity index (χ1v) is 19.4. The van der Waals surface area contributed by atoms with Crippen molar-refractivity contribution < 1.29 is 13.9 Å². The van der Waals surface area contributed by atoms with E-state index in [2.05, 4.69) is 166 Å². The highest BCUT2D eigenvalue weighted by atomic mass is 16.5. The molecule has 1 aliphatic heterocycles. The molecule has 0 saturated carbocycles. The molecule has 8 aromatic rings. The molecular formula is C51H41NO3. The maximum Gasteiger partial charge on any atom is 0.161 e. The van der Waals surface area contributed by atoms with Crippen molar-refractivity contribution in [2.75, 3.05) is 18.1 Å². The smallest absolute Gasteiger partial charge is 0.161 e. The molecule has 0 spiro atoms. The van der Waals surface area contributed by atoms with Crippen LogP contribution >= 0.6 is 0 Å². The SMILES string of the molecule is CC1(C)c2ccccc2-c2ccc(N(c3ccc4c(c3)oc3ccccc34)c3cc4c(cc3-c3ccc5c(c3)OCCCO5)-c3ccccc3C4(C)C)cc21. The first kappa shape index (κ1) is 32.2. The molecule has 0 unspecified atom stereocenters. The standard InChI is InChI=1S/C51H41NO3/c1-50(2)41-15-8-5-12-34(41)36-21-19-32(27-43(36)50)52(33-20-22-38-37-14-7-10-17-46(37)55-48(38)28-33)45-30-44-40(35-13-6-9-16-42(35)51(44,3)4)29-39(45)31-18-23-47-49(26-31)54-25-11-24-53-47/h5-10,12-23,26-30H,11,24-25H2,1-4H3. The molecule has 0 amide bonds. The van der Waals surface area contributed by atoms with Gasteiger partial charge >= 0.3 is 0 Å². The maximum absolute atomic E-state index is 6.55. The third kappa shape index (κ3) is 4.70. The van der Waals surface area contributed by atoms with Crippen molar-refractivity contribution in [2.45, 2.75) is 44.9 Å². The van der Waals surface area contributed by atoms with Crippen LogP contribution in [0.1, 0.15) is 56.4 Å². The Morgan fingerprint density at radius 1 is 0.455 bits per heavy atom. The van der Waals surface area contributed by atoms with Crippen LogP contribution < -0.4 is 14.4 Å². The van der Waals surface area contributed by atoms with E-state index in [0.29, 0.717) is 13.2 Å². The lowest BCUT2D eigenvalue weighted by Gasteiger charge is -2.31. The van der Waals surface area contributed by atoms with Gasteiger partial charge in [-0.25, -0.2) is 0 Å². The van der Waals surface area contributed by atoms with Gasteiger partial charge in [-0.05, 0) is 105 Å². The van der Waals surface area contributed by atoms with Crippen LogP contribution in [-0.2, 0) is 10.8 Å². The van der Waals surface area contributed by atoms with Crippen molar-refractivity contribution >= 4 is 39.0 Å². The second-order valence-corrected chi connectivity index (χ2v) is 16.3. The summed E-state index contributed by atoms with van der Waals surface area (Å²) in [6.07, 6.45) is 0.858. The average molecular weight is 716 g/mol. The van der Waals surface area contributed by atoms with Crippen LogP contribution in [-0.4, -0.2) is 13.2 Å². The number of nitrogens with zero attached hydrogens (tertiary/aromatic N) is 1. The first-order valence-electron chi connectivity index (χ1n) is 19.4. The molecule has 0 atom stereocenters. The van der Waals surface area contributed by atoms with Crippen LogP contribution in [0.4, 0.5) is 17.1 Å². The molecule has 4 heteroatoms. The Morgan fingerprint density at radius 3 is 1.87 bits per heavy atom. The zero-order chi connectivity index (χ0) is 37.1. The minimum atomic E-state index is -0.195. The largest absolute Gasteiger partial charge is 0.490 e. The summed E-state index contributed by atoms with van der Waals surface area (Å²) in [5.41, 5.74) is 17.3. The molecular weight excluding hydrogens is 675 g/mol. The molecule has 1 aromatic heterocycles. The Morgan fingerprint density at radius 2 is 1.07 bits per heavy atom. The minimum Gasteiger partial charge on any atom is -0.490 e. The number of furan rings is 1. The quantitative estimate of drug-likeness (QED) is 0.182. The summed E-state index contributed by atoms with van der Waals surface area (Å²) in [6.45, 7) is 10.7. The van der Waals surface area contributed by atoms with E-state index in [9.17, 15) is 0 Å². The summed E-state index contributed by atoms with van der Waals surface area (Å²) in [4.78, 5) is 2.45. The number of rotatable bonds is 4. The highest BCUT2D eigenvalue weighted by Gasteiger charge is 2.39. The zero-order valence-electron chi connectivity index (χ0n) is 31.6. The number of hydrogen-bond donors (Lipinski definition) is 0. The lowest BCUT2D eigenvalue weighted by atomic mass is 9.81. The third-order valence-electron chi connectivity index (χ3n) is 12.4. The predicted molar refractivity (Wildman–Crippen MR) is 225 cm³/mol. The summed E-state index contributed by atoms with van der Waals surface area (Å²) in [6, 6.07) is 51.1. The molecule has 268 valence electrons. The predicted octanol–water partition coefficient (Wildman–Crippen LogP) is 13.5. The maximum atomic E-state index is 6.55. The van der Waals surface area contributed by atoms with E-state index >= 15 is 0 Å². The minimum absolute atomic E-state index is 0.158. The average Bonchev–Trinajstić information content (AvgIpc) is 3.66. The van der Waals surface area contributed by atoms with E-state index in [0.717, 1.165) is 68.0 Å². The van der Waals surface area contributed by atoms with Crippen LogP contribution in [0.3, 0.4) is 0 Å². The van der Waals surface area contributed by atoms with Gasteiger partial charge in [0.2, 0.25) is 0 Å². The molecule has 2 heterocycles. The normalized spacial score (nSPS) is 15.6. The molecule has 3 aliphatic rings. The monoisotopic (exact) mass is 715 g/mol. The second kappa shape index (κ2) is 11.6. The van der Waals surface area contributed by atoms with E-state index in [1.807, 2.05) is 6.07 Å². The summed E-state index contributed by atoms with van der Waals surface area (Å²) in [7, 11) is 0. The number of ether oxygens (including phenoxy) is 2. The van der Waals surface area contributed by atoms with E-state index < -0.39 is 0 Å². The van der Waals surface area contributed by atoms with Gasteiger partial charge in [-0.1, -0.05) is 107 Å². The summed E-state index contributed by atoms with van der Waals surface area (Å²) in [5.74, 6) is 1.58. The van der Waals surface area contributed by atoms with E-state index in [1.54, 1.807) is 0 Å². The topological polar surface area (TPSA) is 34.8 Å². The zero-order valence-corrected chi connectivity index (χ0v) is 31.6. The molecule has 0 bridgehead atoms. The van der Waals surface area contributed by atoms with E-state index in [1.165, 1.54) is 44.5 Å². The van der Waals surface area contributed by atoms with Crippen molar-refractivity contribution in [3.8, 4) is 44.9 Å².